The fourth-order valence-electron chi connectivity index (χ4n) is 5.06. The lowest BCUT2D eigenvalue weighted by atomic mass is 9.93. The molecule has 2 aliphatic rings. The number of aryl methyl sites for hydroxylation is 1. The first kappa shape index (κ1) is 23.0. The van der Waals surface area contributed by atoms with Crippen LogP contribution >= 0.6 is 0 Å². The number of hydrogen-bond donors (Lipinski definition) is 1. The smallest absolute Gasteiger partial charge is 0.254 e. The minimum atomic E-state index is -0.479. The van der Waals surface area contributed by atoms with Gasteiger partial charge in [0.05, 0.1) is 23.3 Å². The van der Waals surface area contributed by atoms with Gasteiger partial charge in [0.1, 0.15) is 0 Å². The maximum Gasteiger partial charge on any atom is 0.254 e. The Labute approximate surface area is 196 Å². The normalized spacial score (nSPS) is 19.9. The van der Waals surface area contributed by atoms with Crippen molar-refractivity contribution in [2.45, 2.75) is 58.8 Å². The lowest BCUT2D eigenvalue weighted by Gasteiger charge is -2.45. The SMILES string of the molecule is Cc1cccc(C(=O)N2CCC3(CC2)NC(C(C)C)C(=O)N3Cc2cccc(C#N)c2)c1C. The molecule has 0 aliphatic carbocycles. The van der Waals surface area contributed by atoms with Crippen molar-refractivity contribution in [3.05, 3.63) is 70.3 Å². The number of hydrogen-bond acceptors (Lipinski definition) is 4. The van der Waals surface area contributed by atoms with E-state index < -0.39 is 5.66 Å². The number of carbonyl (C=O) groups is 2. The molecule has 2 aromatic rings. The van der Waals surface area contributed by atoms with E-state index in [1.807, 2.05) is 60.0 Å². The van der Waals surface area contributed by atoms with Crippen molar-refractivity contribution in [3.63, 3.8) is 0 Å². The van der Waals surface area contributed by atoms with Crippen LogP contribution in [0.1, 0.15) is 59.3 Å². The van der Waals surface area contributed by atoms with E-state index in [4.69, 9.17) is 0 Å². The van der Waals surface area contributed by atoms with Crippen molar-refractivity contribution < 1.29 is 9.59 Å². The Morgan fingerprint density at radius 2 is 1.88 bits per heavy atom. The minimum Gasteiger partial charge on any atom is -0.338 e. The molecule has 0 bridgehead atoms. The first-order chi connectivity index (χ1) is 15.8. The van der Waals surface area contributed by atoms with Gasteiger partial charge in [-0.1, -0.05) is 38.1 Å². The summed E-state index contributed by atoms with van der Waals surface area (Å²) in [5.74, 6) is 0.324. The van der Waals surface area contributed by atoms with Gasteiger partial charge in [0.25, 0.3) is 5.91 Å². The van der Waals surface area contributed by atoms with Crippen molar-refractivity contribution in [3.8, 4) is 6.07 Å². The van der Waals surface area contributed by atoms with Crippen molar-refractivity contribution >= 4 is 11.8 Å². The fourth-order valence-corrected chi connectivity index (χ4v) is 5.06. The van der Waals surface area contributed by atoms with Crippen LogP contribution in [0.5, 0.6) is 0 Å². The molecule has 2 fully saturated rings. The molecule has 6 nitrogen and oxygen atoms in total. The Hall–Kier alpha value is -3.17. The van der Waals surface area contributed by atoms with E-state index in [1.54, 1.807) is 6.07 Å². The van der Waals surface area contributed by atoms with E-state index in [-0.39, 0.29) is 23.8 Å². The summed E-state index contributed by atoms with van der Waals surface area (Å²) < 4.78 is 0. The molecule has 2 aliphatic heterocycles. The summed E-state index contributed by atoms with van der Waals surface area (Å²) in [6.07, 6.45) is 1.35. The highest BCUT2D eigenvalue weighted by Crippen LogP contribution is 2.36. The molecule has 6 heteroatoms. The molecule has 33 heavy (non-hydrogen) atoms. The van der Waals surface area contributed by atoms with E-state index in [0.717, 1.165) is 22.3 Å². The lowest BCUT2D eigenvalue weighted by molar-refractivity contribution is -0.134. The van der Waals surface area contributed by atoms with Crippen LogP contribution in [0, 0.1) is 31.1 Å². The monoisotopic (exact) mass is 444 g/mol. The standard InChI is InChI=1S/C27H32N4O2/c1-18(2)24-26(33)31(17-22-9-6-8-21(15-22)16-28)27(29-24)11-13-30(14-12-27)25(32)23-10-5-7-19(3)20(23)4/h5-10,15,18,24,29H,11-14,17H2,1-4H3. The predicted octanol–water partition coefficient (Wildman–Crippen LogP) is 3.76. The highest BCUT2D eigenvalue weighted by molar-refractivity contribution is 5.96. The molecule has 2 heterocycles. The summed E-state index contributed by atoms with van der Waals surface area (Å²) in [5, 5.41) is 12.9. The van der Waals surface area contributed by atoms with Crippen LogP contribution in [0.25, 0.3) is 0 Å². The average Bonchev–Trinajstić information content (AvgIpc) is 3.07. The largest absolute Gasteiger partial charge is 0.338 e. The Bertz CT molecular complexity index is 1110. The molecule has 1 N–H and O–H groups in total. The minimum absolute atomic E-state index is 0.0593. The Morgan fingerprint density at radius 1 is 1.18 bits per heavy atom. The summed E-state index contributed by atoms with van der Waals surface area (Å²) in [7, 11) is 0. The van der Waals surface area contributed by atoms with Crippen molar-refractivity contribution in [2.75, 3.05) is 13.1 Å². The third kappa shape index (κ3) is 4.26. The maximum atomic E-state index is 13.4. The number of carbonyl (C=O) groups excluding carboxylic acids is 2. The molecule has 0 aromatic heterocycles. The van der Waals surface area contributed by atoms with Crippen LogP contribution in [0.15, 0.2) is 42.5 Å². The summed E-state index contributed by atoms with van der Waals surface area (Å²) >= 11 is 0. The fraction of sp³-hybridized carbons (Fsp3) is 0.444. The quantitative estimate of drug-likeness (QED) is 0.779. The molecular formula is C27H32N4O2. The van der Waals surface area contributed by atoms with Gasteiger partial charge >= 0.3 is 0 Å². The van der Waals surface area contributed by atoms with Gasteiger partial charge in [-0.2, -0.15) is 5.26 Å². The summed E-state index contributed by atoms with van der Waals surface area (Å²) in [6.45, 7) is 9.77. The van der Waals surface area contributed by atoms with E-state index in [2.05, 4.69) is 25.2 Å². The second-order valence-corrected chi connectivity index (χ2v) is 9.67. The van der Waals surface area contributed by atoms with E-state index in [1.165, 1.54) is 0 Å². The van der Waals surface area contributed by atoms with Gasteiger partial charge < -0.3 is 9.80 Å². The molecule has 1 spiro atoms. The first-order valence-corrected chi connectivity index (χ1v) is 11.7. The second kappa shape index (κ2) is 8.99. The molecule has 2 saturated heterocycles. The highest BCUT2D eigenvalue weighted by Gasteiger charge is 2.52. The number of nitrogens with zero attached hydrogens (tertiary/aromatic N) is 3. The molecule has 172 valence electrons. The Morgan fingerprint density at radius 3 is 2.55 bits per heavy atom. The molecule has 2 amide bonds. The third-order valence-corrected chi connectivity index (χ3v) is 7.25. The van der Waals surface area contributed by atoms with Gasteiger partial charge in [-0.25, -0.2) is 0 Å². The van der Waals surface area contributed by atoms with Crippen molar-refractivity contribution in [1.29, 1.82) is 5.26 Å². The van der Waals surface area contributed by atoms with Gasteiger partial charge in [0.15, 0.2) is 0 Å². The van der Waals surface area contributed by atoms with Gasteiger partial charge in [-0.05, 0) is 54.7 Å². The van der Waals surface area contributed by atoms with Crippen molar-refractivity contribution in [2.24, 2.45) is 5.92 Å². The first-order valence-electron chi connectivity index (χ1n) is 11.7. The lowest BCUT2D eigenvalue weighted by Crippen LogP contribution is -2.59. The van der Waals surface area contributed by atoms with E-state index in [0.29, 0.717) is 38.0 Å². The van der Waals surface area contributed by atoms with Gasteiger partial charge in [-0.3, -0.25) is 14.9 Å². The van der Waals surface area contributed by atoms with Crippen LogP contribution in [0.2, 0.25) is 0 Å². The van der Waals surface area contributed by atoms with Gasteiger partial charge in [0.2, 0.25) is 5.91 Å². The number of likely N-dealkylation sites (tertiary alicyclic amines) is 1. The molecule has 0 saturated carbocycles. The zero-order valence-electron chi connectivity index (χ0n) is 19.9. The molecule has 1 atom stereocenters. The van der Waals surface area contributed by atoms with Crippen LogP contribution < -0.4 is 5.32 Å². The number of nitriles is 1. The van der Waals surface area contributed by atoms with E-state index >= 15 is 0 Å². The number of benzene rings is 2. The molecule has 4 rings (SSSR count). The predicted molar refractivity (Wildman–Crippen MR) is 127 cm³/mol. The van der Waals surface area contributed by atoms with Crippen LogP contribution in [0.4, 0.5) is 0 Å². The van der Waals surface area contributed by atoms with Crippen molar-refractivity contribution in [1.82, 2.24) is 15.1 Å². The highest BCUT2D eigenvalue weighted by atomic mass is 16.2. The Balaban J connectivity index is 1.56. The van der Waals surface area contributed by atoms with E-state index in [9.17, 15) is 14.9 Å². The summed E-state index contributed by atoms with van der Waals surface area (Å²) in [6, 6.07) is 15.2. The van der Waals surface area contributed by atoms with Crippen LogP contribution in [-0.2, 0) is 11.3 Å². The molecule has 1 unspecified atom stereocenters. The number of amides is 2. The summed E-state index contributed by atoms with van der Waals surface area (Å²) in [5.41, 5.74) is 3.95. The third-order valence-electron chi connectivity index (χ3n) is 7.25. The molecular weight excluding hydrogens is 412 g/mol. The molecule has 2 aromatic carbocycles. The second-order valence-electron chi connectivity index (χ2n) is 9.67. The Kier molecular flexibility index (Phi) is 6.27. The average molecular weight is 445 g/mol. The zero-order chi connectivity index (χ0) is 23.8. The topological polar surface area (TPSA) is 76.4 Å². The van der Waals surface area contributed by atoms with Gasteiger partial charge in [-0.15, -0.1) is 0 Å². The zero-order valence-corrected chi connectivity index (χ0v) is 19.9. The number of piperidine rings is 1. The van der Waals surface area contributed by atoms with Crippen LogP contribution in [-0.4, -0.2) is 46.4 Å². The van der Waals surface area contributed by atoms with Gasteiger partial charge in [0, 0.05) is 38.0 Å². The maximum absolute atomic E-state index is 13.4. The number of nitrogens with one attached hydrogen (secondary N) is 1. The molecule has 0 radical (unpaired) electrons. The van der Waals surface area contributed by atoms with Crippen LogP contribution in [0.3, 0.4) is 0 Å². The number of rotatable bonds is 4. The summed E-state index contributed by atoms with van der Waals surface area (Å²) in [4.78, 5) is 30.5.